The van der Waals surface area contributed by atoms with E-state index in [1.54, 1.807) is 36.4 Å². The Morgan fingerprint density at radius 1 is 0.560 bits per heavy atom. The molecule has 0 aliphatic rings. The Kier molecular flexibility index (Phi) is 5.71. The fourth-order valence-electron chi connectivity index (χ4n) is 2.74. The number of benzene rings is 3. The van der Waals surface area contributed by atoms with Crippen LogP contribution in [0.3, 0.4) is 0 Å². The van der Waals surface area contributed by atoms with Crippen LogP contribution in [-0.4, -0.2) is 15.3 Å². The molecule has 0 fully saturated rings. The lowest BCUT2D eigenvalue weighted by Crippen LogP contribution is -1.96. The van der Waals surface area contributed by atoms with Crippen molar-refractivity contribution in [3.05, 3.63) is 76.9 Å². The van der Waals surface area contributed by atoms with Gasteiger partial charge in [0.05, 0.1) is 0 Å². The van der Waals surface area contributed by atoms with Crippen molar-refractivity contribution in [1.82, 2.24) is 0 Å². The molecule has 0 saturated heterocycles. The molecule has 0 aliphatic carbocycles. The minimum absolute atomic E-state index is 0.193. The van der Waals surface area contributed by atoms with Gasteiger partial charge < -0.3 is 15.3 Å². The van der Waals surface area contributed by atoms with Gasteiger partial charge in [0, 0.05) is 11.1 Å². The zero-order chi connectivity index (χ0) is 18.6. The summed E-state index contributed by atoms with van der Waals surface area (Å²) in [7, 11) is 0. The lowest BCUT2D eigenvalue weighted by molar-refractivity contribution is 0.466. The van der Waals surface area contributed by atoms with Crippen molar-refractivity contribution in [3.8, 4) is 28.4 Å². The van der Waals surface area contributed by atoms with Gasteiger partial charge in [-0.2, -0.15) is 0 Å². The van der Waals surface area contributed by atoms with E-state index in [1.807, 2.05) is 45.9 Å². The highest BCUT2D eigenvalue weighted by molar-refractivity contribution is 5.81. The van der Waals surface area contributed by atoms with Crippen molar-refractivity contribution in [3.63, 3.8) is 0 Å². The van der Waals surface area contributed by atoms with Crippen LogP contribution in [-0.2, 0) is 0 Å². The maximum atomic E-state index is 10.4. The van der Waals surface area contributed by atoms with E-state index in [0.29, 0.717) is 11.3 Å². The molecule has 0 spiro atoms. The number of hydrogen-bond acceptors (Lipinski definition) is 3. The van der Waals surface area contributed by atoms with Crippen LogP contribution in [0.5, 0.6) is 17.2 Å². The molecule has 0 heterocycles. The first-order valence-electron chi connectivity index (χ1n) is 8.16. The standard InChI is InChI=1S/C16H18O2.C6H6O/c1-9-10(2)12(4)16(18)15(11(9)3)13-7-5-6-8-14(13)17;7-6-4-2-1-3-5-6/h5-8,17-18H,1-4H3;1-5,7H. The van der Waals surface area contributed by atoms with E-state index >= 15 is 0 Å². The van der Waals surface area contributed by atoms with Gasteiger partial charge in [0.1, 0.15) is 17.2 Å². The smallest absolute Gasteiger partial charge is 0.126 e. The summed E-state index contributed by atoms with van der Waals surface area (Å²) in [6.07, 6.45) is 0. The van der Waals surface area contributed by atoms with Crippen molar-refractivity contribution in [2.24, 2.45) is 0 Å². The number of phenols is 3. The van der Waals surface area contributed by atoms with Gasteiger partial charge in [0.2, 0.25) is 0 Å². The Hall–Kier alpha value is -2.94. The number of phenolic OH excluding ortho intramolecular Hbond substituents is 3. The van der Waals surface area contributed by atoms with Gasteiger partial charge in [0.25, 0.3) is 0 Å². The molecular formula is C22H24O3. The predicted octanol–water partition coefficient (Wildman–Crippen LogP) is 5.39. The van der Waals surface area contributed by atoms with Crippen molar-refractivity contribution < 1.29 is 15.3 Å². The van der Waals surface area contributed by atoms with Gasteiger partial charge in [-0.15, -0.1) is 0 Å². The second-order valence-electron chi connectivity index (χ2n) is 6.08. The quantitative estimate of drug-likeness (QED) is 0.558. The van der Waals surface area contributed by atoms with E-state index in [0.717, 1.165) is 27.8 Å². The van der Waals surface area contributed by atoms with E-state index in [2.05, 4.69) is 0 Å². The Balaban J connectivity index is 0.000000269. The second kappa shape index (κ2) is 7.75. The van der Waals surface area contributed by atoms with Gasteiger partial charge in [-0.1, -0.05) is 36.4 Å². The molecule has 0 radical (unpaired) electrons. The van der Waals surface area contributed by atoms with Crippen LogP contribution in [0.25, 0.3) is 11.1 Å². The highest BCUT2D eigenvalue weighted by Crippen LogP contribution is 2.42. The second-order valence-corrected chi connectivity index (χ2v) is 6.08. The normalized spacial score (nSPS) is 10.1. The molecule has 3 aromatic rings. The topological polar surface area (TPSA) is 60.7 Å². The highest BCUT2D eigenvalue weighted by atomic mass is 16.3. The van der Waals surface area contributed by atoms with Crippen LogP contribution in [0.1, 0.15) is 22.3 Å². The van der Waals surface area contributed by atoms with E-state index in [9.17, 15) is 10.2 Å². The number of para-hydroxylation sites is 2. The summed E-state index contributed by atoms with van der Waals surface area (Å²) in [5.41, 5.74) is 5.55. The Labute approximate surface area is 148 Å². The largest absolute Gasteiger partial charge is 0.508 e. The number of hydrogen-bond donors (Lipinski definition) is 3. The summed E-state index contributed by atoms with van der Waals surface area (Å²) in [6, 6.07) is 15.8. The van der Waals surface area contributed by atoms with Crippen molar-refractivity contribution in [1.29, 1.82) is 0 Å². The van der Waals surface area contributed by atoms with Crippen molar-refractivity contribution in [2.45, 2.75) is 27.7 Å². The van der Waals surface area contributed by atoms with Crippen LogP contribution in [0.15, 0.2) is 54.6 Å². The van der Waals surface area contributed by atoms with E-state index in [-0.39, 0.29) is 11.5 Å². The summed E-state index contributed by atoms with van der Waals surface area (Å²) < 4.78 is 0. The third-order valence-corrected chi connectivity index (χ3v) is 4.58. The Morgan fingerprint density at radius 2 is 1.08 bits per heavy atom. The fourth-order valence-corrected chi connectivity index (χ4v) is 2.74. The van der Waals surface area contributed by atoms with Crippen LogP contribution < -0.4 is 0 Å². The molecule has 0 atom stereocenters. The van der Waals surface area contributed by atoms with E-state index in [1.165, 1.54) is 0 Å². The third-order valence-electron chi connectivity index (χ3n) is 4.58. The van der Waals surface area contributed by atoms with Crippen molar-refractivity contribution in [2.75, 3.05) is 0 Å². The summed E-state index contributed by atoms with van der Waals surface area (Å²) in [5, 5.41) is 28.9. The van der Waals surface area contributed by atoms with Gasteiger partial charge in [0.15, 0.2) is 0 Å². The predicted molar refractivity (Wildman–Crippen MR) is 102 cm³/mol. The molecule has 3 heteroatoms. The molecule has 3 rings (SSSR count). The maximum Gasteiger partial charge on any atom is 0.126 e. The summed E-state index contributed by atoms with van der Waals surface area (Å²) in [5.74, 6) is 0.776. The molecule has 0 unspecified atom stereocenters. The van der Waals surface area contributed by atoms with Gasteiger partial charge in [-0.05, 0) is 68.1 Å². The SMILES string of the molecule is Cc1c(C)c(C)c(-c2ccccc2O)c(O)c1C.Oc1ccccc1. The molecular weight excluding hydrogens is 312 g/mol. The van der Waals surface area contributed by atoms with Gasteiger partial charge in [-0.3, -0.25) is 0 Å². The summed E-state index contributed by atoms with van der Waals surface area (Å²) >= 11 is 0. The number of aromatic hydroxyl groups is 3. The monoisotopic (exact) mass is 336 g/mol. The molecule has 3 nitrogen and oxygen atoms in total. The average molecular weight is 336 g/mol. The van der Waals surface area contributed by atoms with Crippen LogP contribution in [0.4, 0.5) is 0 Å². The lowest BCUT2D eigenvalue weighted by Gasteiger charge is -2.18. The molecule has 130 valence electrons. The third kappa shape index (κ3) is 3.94. The zero-order valence-corrected chi connectivity index (χ0v) is 15.0. The highest BCUT2D eigenvalue weighted by Gasteiger charge is 2.17. The van der Waals surface area contributed by atoms with Gasteiger partial charge >= 0.3 is 0 Å². The van der Waals surface area contributed by atoms with Crippen LogP contribution >= 0.6 is 0 Å². The maximum absolute atomic E-state index is 10.4. The van der Waals surface area contributed by atoms with Crippen LogP contribution in [0.2, 0.25) is 0 Å². The lowest BCUT2D eigenvalue weighted by atomic mass is 9.89. The van der Waals surface area contributed by atoms with Crippen molar-refractivity contribution >= 4 is 0 Å². The first-order valence-corrected chi connectivity index (χ1v) is 8.16. The molecule has 0 amide bonds. The minimum atomic E-state index is 0.193. The van der Waals surface area contributed by atoms with Crippen LogP contribution in [0, 0.1) is 27.7 Å². The minimum Gasteiger partial charge on any atom is -0.508 e. The van der Waals surface area contributed by atoms with E-state index in [4.69, 9.17) is 5.11 Å². The Morgan fingerprint density at radius 3 is 1.60 bits per heavy atom. The summed E-state index contributed by atoms with van der Waals surface area (Å²) in [6.45, 7) is 7.93. The average Bonchev–Trinajstić information content (AvgIpc) is 2.61. The van der Waals surface area contributed by atoms with Gasteiger partial charge in [-0.25, -0.2) is 0 Å². The molecule has 25 heavy (non-hydrogen) atoms. The molecule has 0 saturated carbocycles. The first kappa shape index (κ1) is 18.4. The molecule has 0 aromatic heterocycles. The summed E-state index contributed by atoms with van der Waals surface area (Å²) in [4.78, 5) is 0. The zero-order valence-electron chi connectivity index (χ0n) is 15.0. The molecule has 3 aromatic carbocycles. The fraction of sp³-hybridized carbons (Fsp3) is 0.182. The van der Waals surface area contributed by atoms with E-state index < -0.39 is 0 Å². The molecule has 3 N–H and O–H groups in total. The molecule has 0 aliphatic heterocycles. The first-order chi connectivity index (χ1) is 11.8. The molecule has 0 bridgehead atoms. The Bertz CT molecular complexity index is 839. The number of rotatable bonds is 1.